The van der Waals surface area contributed by atoms with E-state index in [0.717, 1.165) is 24.0 Å². The van der Waals surface area contributed by atoms with Gasteiger partial charge in [-0.05, 0) is 58.8 Å². The third kappa shape index (κ3) is 2.47. The molecule has 2 heterocycles. The fourth-order valence-electron chi connectivity index (χ4n) is 3.16. The number of H-pyrrole nitrogens is 1. The Morgan fingerprint density at radius 1 is 0.957 bits per heavy atom. The molecule has 114 valence electrons. The zero-order valence-electron chi connectivity index (χ0n) is 12.8. The minimum absolute atomic E-state index is 0.711. The lowest BCUT2D eigenvalue weighted by Crippen LogP contribution is -2.01. The van der Waals surface area contributed by atoms with Gasteiger partial charge < -0.3 is 5.73 Å². The summed E-state index contributed by atoms with van der Waals surface area (Å²) in [4.78, 5) is 4.31. The summed E-state index contributed by atoms with van der Waals surface area (Å²) in [5.41, 5.74) is 9.30. The molecule has 0 spiro atoms. The molecule has 0 saturated heterocycles. The molecule has 2 aromatic carbocycles. The van der Waals surface area contributed by atoms with Crippen LogP contribution in [-0.2, 0) is 6.42 Å². The number of nitrogens with two attached hydrogens (primary N) is 1. The van der Waals surface area contributed by atoms with Crippen molar-refractivity contribution in [3.8, 4) is 11.1 Å². The van der Waals surface area contributed by atoms with Crippen LogP contribution in [0.15, 0.2) is 55.1 Å². The number of nitrogens with zero attached hydrogens (tertiary/aromatic N) is 2. The molecular formula is C19H18N4. The Labute approximate surface area is 134 Å². The van der Waals surface area contributed by atoms with Crippen LogP contribution >= 0.6 is 0 Å². The van der Waals surface area contributed by atoms with Gasteiger partial charge in [-0.1, -0.05) is 18.2 Å². The van der Waals surface area contributed by atoms with Gasteiger partial charge >= 0.3 is 0 Å². The normalized spacial score (nSPS) is 11.3. The van der Waals surface area contributed by atoms with E-state index in [1.54, 1.807) is 0 Å². The summed E-state index contributed by atoms with van der Waals surface area (Å²) >= 11 is 0. The zero-order valence-corrected chi connectivity index (χ0v) is 12.8. The van der Waals surface area contributed by atoms with E-state index in [9.17, 15) is 0 Å². The van der Waals surface area contributed by atoms with Gasteiger partial charge in [-0.2, -0.15) is 5.10 Å². The van der Waals surface area contributed by atoms with Crippen molar-refractivity contribution in [2.45, 2.75) is 12.8 Å². The molecule has 0 aliphatic heterocycles. The number of aryl methyl sites for hydroxylation is 1. The van der Waals surface area contributed by atoms with E-state index in [2.05, 4.69) is 45.5 Å². The van der Waals surface area contributed by atoms with E-state index in [4.69, 9.17) is 5.73 Å². The van der Waals surface area contributed by atoms with Crippen LogP contribution < -0.4 is 5.73 Å². The smallest absolute Gasteiger partial charge is 0.0565 e. The van der Waals surface area contributed by atoms with Crippen molar-refractivity contribution < 1.29 is 0 Å². The molecule has 0 aliphatic rings. The quantitative estimate of drug-likeness (QED) is 0.565. The molecule has 0 saturated carbocycles. The first kappa shape index (κ1) is 13.9. The Morgan fingerprint density at radius 3 is 2.74 bits per heavy atom. The molecular weight excluding hydrogens is 284 g/mol. The molecule has 3 N–H and O–H groups in total. The Hall–Kier alpha value is -2.72. The number of fused-ring (bicyclic) bond motifs is 3. The van der Waals surface area contributed by atoms with Gasteiger partial charge in [0, 0.05) is 29.5 Å². The molecule has 0 fully saturated rings. The standard InChI is InChI=1S/C19H18N4/c20-6-1-2-14-8-15-5-7-21-12-19(15)18-9-13(3-4-17(14)18)16-10-22-23-11-16/h3-5,7-12H,1-2,6,20H2,(H,22,23). The maximum atomic E-state index is 5.70. The summed E-state index contributed by atoms with van der Waals surface area (Å²) in [5.74, 6) is 0. The van der Waals surface area contributed by atoms with E-state index in [1.165, 1.54) is 27.1 Å². The number of aromatic amines is 1. The number of hydrogen-bond donors (Lipinski definition) is 2. The second-order valence-corrected chi connectivity index (χ2v) is 5.77. The maximum absolute atomic E-state index is 5.70. The van der Waals surface area contributed by atoms with Crippen LogP contribution in [-0.4, -0.2) is 21.7 Å². The van der Waals surface area contributed by atoms with E-state index >= 15 is 0 Å². The van der Waals surface area contributed by atoms with Crippen LogP contribution in [0.2, 0.25) is 0 Å². The molecule has 4 rings (SSSR count). The monoisotopic (exact) mass is 302 g/mol. The predicted molar refractivity (Wildman–Crippen MR) is 94.2 cm³/mol. The number of rotatable bonds is 4. The molecule has 4 nitrogen and oxygen atoms in total. The number of hydrogen-bond acceptors (Lipinski definition) is 3. The molecule has 0 unspecified atom stereocenters. The first-order chi connectivity index (χ1) is 11.4. The minimum Gasteiger partial charge on any atom is -0.330 e. The third-order valence-corrected chi connectivity index (χ3v) is 4.32. The Morgan fingerprint density at radius 2 is 1.91 bits per heavy atom. The Kier molecular flexibility index (Phi) is 3.52. The van der Waals surface area contributed by atoms with Crippen molar-refractivity contribution in [1.29, 1.82) is 0 Å². The lowest BCUT2D eigenvalue weighted by molar-refractivity contribution is 0.838. The number of benzene rings is 2. The summed E-state index contributed by atoms with van der Waals surface area (Å²) in [7, 11) is 0. The third-order valence-electron chi connectivity index (χ3n) is 4.32. The van der Waals surface area contributed by atoms with E-state index in [0.29, 0.717) is 6.54 Å². The lowest BCUT2D eigenvalue weighted by atomic mass is 9.93. The summed E-state index contributed by atoms with van der Waals surface area (Å²) in [5, 5.41) is 11.9. The SMILES string of the molecule is NCCCc1cc2ccncc2c2cc(-c3cn[nH]c3)ccc12. The highest BCUT2D eigenvalue weighted by Gasteiger charge is 2.09. The van der Waals surface area contributed by atoms with Crippen LogP contribution in [0, 0.1) is 0 Å². The molecule has 0 amide bonds. The van der Waals surface area contributed by atoms with Gasteiger partial charge in [0.2, 0.25) is 0 Å². The Balaban J connectivity index is 2.00. The summed E-state index contributed by atoms with van der Waals surface area (Å²) < 4.78 is 0. The summed E-state index contributed by atoms with van der Waals surface area (Å²) in [6.07, 6.45) is 9.55. The fraction of sp³-hybridized carbons (Fsp3) is 0.158. The Bertz CT molecular complexity index is 958. The van der Waals surface area contributed by atoms with Crippen molar-refractivity contribution in [1.82, 2.24) is 15.2 Å². The highest BCUT2D eigenvalue weighted by Crippen LogP contribution is 2.32. The van der Waals surface area contributed by atoms with Crippen LogP contribution in [0.3, 0.4) is 0 Å². The first-order valence-electron chi connectivity index (χ1n) is 7.85. The van der Waals surface area contributed by atoms with Crippen molar-refractivity contribution in [2.24, 2.45) is 5.73 Å². The minimum atomic E-state index is 0.711. The van der Waals surface area contributed by atoms with E-state index in [1.807, 2.05) is 24.8 Å². The lowest BCUT2D eigenvalue weighted by Gasteiger charge is -2.11. The average molecular weight is 302 g/mol. The van der Waals surface area contributed by atoms with Crippen molar-refractivity contribution >= 4 is 21.5 Å². The number of nitrogens with one attached hydrogen (secondary N) is 1. The van der Waals surface area contributed by atoms with Crippen molar-refractivity contribution in [3.63, 3.8) is 0 Å². The van der Waals surface area contributed by atoms with Gasteiger partial charge in [0.25, 0.3) is 0 Å². The van der Waals surface area contributed by atoms with Gasteiger partial charge in [-0.15, -0.1) is 0 Å². The molecule has 23 heavy (non-hydrogen) atoms. The molecule has 4 aromatic rings. The van der Waals surface area contributed by atoms with Crippen LogP contribution in [0.25, 0.3) is 32.7 Å². The van der Waals surface area contributed by atoms with E-state index in [-0.39, 0.29) is 0 Å². The van der Waals surface area contributed by atoms with Gasteiger partial charge in [0.05, 0.1) is 6.20 Å². The predicted octanol–water partition coefficient (Wildman–Crippen LogP) is 3.67. The number of aromatic nitrogens is 3. The van der Waals surface area contributed by atoms with E-state index < -0.39 is 0 Å². The molecule has 0 aliphatic carbocycles. The number of pyridine rings is 1. The van der Waals surface area contributed by atoms with Crippen molar-refractivity contribution in [3.05, 3.63) is 60.7 Å². The molecule has 4 heteroatoms. The molecule has 2 aromatic heterocycles. The fourth-order valence-corrected chi connectivity index (χ4v) is 3.16. The molecule has 0 radical (unpaired) electrons. The van der Waals surface area contributed by atoms with Gasteiger partial charge in [0.15, 0.2) is 0 Å². The van der Waals surface area contributed by atoms with Crippen LogP contribution in [0.5, 0.6) is 0 Å². The van der Waals surface area contributed by atoms with Crippen LogP contribution in [0.1, 0.15) is 12.0 Å². The molecule has 0 atom stereocenters. The van der Waals surface area contributed by atoms with Gasteiger partial charge in [-0.3, -0.25) is 10.1 Å². The van der Waals surface area contributed by atoms with Crippen LogP contribution in [0.4, 0.5) is 0 Å². The first-order valence-corrected chi connectivity index (χ1v) is 7.85. The zero-order chi connectivity index (χ0) is 15.6. The largest absolute Gasteiger partial charge is 0.330 e. The van der Waals surface area contributed by atoms with Crippen molar-refractivity contribution in [2.75, 3.05) is 6.54 Å². The highest BCUT2D eigenvalue weighted by atomic mass is 15.1. The average Bonchev–Trinajstić information content (AvgIpc) is 3.14. The maximum Gasteiger partial charge on any atom is 0.0565 e. The highest BCUT2D eigenvalue weighted by molar-refractivity contribution is 6.09. The molecule has 0 bridgehead atoms. The second-order valence-electron chi connectivity index (χ2n) is 5.77. The topological polar surface area (TPSA) is 67.6 Å². The second kappa shape index (κ2) is 5.82. The van der Waals surface area contributed by atoms with Gasteiger partial charge in [0.1, 0.15) is 0 Å². The summed E-state index contributed by atoms with van der Waals surface area (Å²) in [6, 6.07) is 10.9. The van der Waals surface area contributed by atoms with Gasteiger partial charge in [-0.25, -0.2) is 0 Å². The summed E-state index contributed by atoms with van der Waals surface area (Å²) in [6.45, 7) is 0.711.